The molecule has 0 saturated heterocycles. The molecule has 2 nitrogen and oxygen atoms in total. The van der Waals surface area contributed by atoms with Gasteiger partial charge in [0.25, 0.3) is 0 Å². The average Bonchev–Trinajstić information content (AvgIpc) is 2.46. The van der Waals surface area contributed by atoms with E-state index in [2.05, 4.69) is 11.6 Å². The van der Waals surface area contributed by atoms with Gasteiger partial charge in [0, 0.05) is 11.6 Å². The average molecular weight is 255 g/mol. The fourth-order valence-electron chi connectivity index (χ4n) is 2.27. The highest BCUT2D eigenvalue weighted by atomic mass is 16.3. The molecule has 1 aromatic heterocycles. The van der Waals surface area contributed by atoms with Crippen LogP contribution in [0.15, 0.2) is 49.2 Å². The molecule has 1 heterocycles. The van der Waals surface area contributed by atoms with Crippen molar-refractivity contribution in [1.29, 1.82) is 0 Å². The largest absolute Gasteiger partial charge is 0.388 e. The minimum absolute atomic E-state index is 0.367. The molecule has 2 heteroatoms. The van der Waals surface area contributed by atoms with E-state index in [1.54, 1.807) is 6.20 Å². The highest BCUT2D eigenvalue weighted by Gasteiger charge is 2.07. The number of benzene rings is 1. The molecule has 0 radical (unpaired) electrons. The monoisotopic (exact) mass is 255 g/mol. The van der Waals surface area contributed by atoms with E-state index >= 15 is 0 Å². The first-order chi connectivity index (χ1) is 9.31. The number of unbranched alkanes of at least 4 members (excludes halogenated alkanes) is 3. The first kappa shape index (κ1) is 13.8. The van der Waals surface area contributed by atoms with Crippen LogP contribution in [0.25, 0.3) is 10.9 Å². The minimum Gasteiger partial charge on any atom is -0.388 e. The Bertz CT molecular complexity index is 536. The van der Waals surface area contributed by atoms with Crippen LogP contribution in [0, 0.1) is 0 Å². The van der Waals surface area contributed by atoms with E-state index in [1.807, 2.05) is 36.4 Å². The summed E-state index contributed by atoms with van der Waals surface area (Å²) in [5.74, 6) is 0. The van der Waals surface area contributed by atoms with Crippen LogP contribution in [-0.4, -0.2) is 10.1 Å². The second-order valence-corrected chi connectivity index (χ2v) is 4.90. The molecular formula is C17H21NO. The molecule has 0 fully saturated rings. The maximum Gasteiger partial charge on any atom is 0.0790 e. The van der Waals surface area contributed by atoms with Gasteiger partial charge < -0.3 is 5.11 Å². The predicted molar refractivity (Wildman–Crippen MR) is 80.0 cm³/mol. The molecule has 0 aliphatic rings. The lowest BCUT2D eigenvalue weighted by atomic mass is 10.0. The number of aromatic nitrogens is 1. The lowest BCUT2D eigenvalue weighted by Crippen LogP contribution is -1.97. The van der Waals surface area contributed by atoms with Crippen molar-refractivity contribution < 1.29 is 5.11 Å². The molecule has 19 heavy (non-hydrogen) atoms. The summed E-state index contributed by atoms with van der Waals surface area (Å²) in [7, 11) is 0. The van der Waals surface area contributed by atoms with E-state index < -0.39 is 0 Å². The van der Waals surface area contributed by atoms with Gasteiger partial charge in [0.15, 0.2) is 0 Å². The molecule has 0 amide bonds. The summed E-state index contributed by atoms with van der Waals surface area (Å²) in [4.78, 5) is 4.29. The Balaban J connectivity index is 1.93. The molecule has 1 unspecified atom stereocenters. The van der Waals surface area contributed by atoms with E-state index in [1.165, 1.54) is 0 Å². The van der Waals surface area contributed by atoms with Gasteiger partial charge in [0.05, 0.1) is 11.6 Å². The summed E-state index contributed by atoms with van der Waals surface area (Å²) in [5, 5.41) is 11.3. The summed E-state index contributed by atoms with van der Waals surface area (Å²) in [6.45, 7) is 3.71. The van der Waals surface area contributed by atoms with Crippen molar-refractivity contribution in [2.75, 3.05) is 0 Å². The zero-order valence-electron chi connectivity index (χ0n) is 11.3. The molecule has 0 saturated carbocycles. The number of pyridine rings is 1. The molecule has 2 rings (SSSR count). The van der Waals surface area contributed by atoms with Crippen molar-refractivity contribution in [1.82, 2.24) is 4.98 Å². The van der Waals surface area contributed by atoms with Gasteiger partial charge in [0.2, 0.25) is 0 Å². The normalized spacial score (nSPS) is 12.5. The van der Waals surface area contributed by atoms with Crippen molar-refractivity contribution in [3.05, 3.63) is 54.7 Å². The number of fused-ring (bicyclic) bond motifs is 1. The van der Waals surface area contributed by atoms with Gasteiger partial charge in [-0.15, -0.1) is 6.58 Å². The van der Waals surface area contributed by atoms with Crippen LogP contribution < -0.4 is 0 Å². The van der Waals surface area contributed by atoms with Crippen LogP contribution in [0.3, 0.4) is 0 Å². The van der Waals surface area contributed by atoms with Crippen LogP contribution in [0.1, 0.15) is 43.8 Å². The molecule has 0 aliphatic carbocycles. The molecule has 1 atom stereocenters. The van der Waals surface area contributed by atoms with Gasteiger partial charge in [-0.2, -0.15) is 0 Å². The number of hydrogen-bond donors (Lipinski definition) is 1. The van der Waals surface area contributed by atoms with Crippen molar-refractivity contribution in [3.8, 4) is 0 Å². The third-order valence-corrected chi connectivity index (χ3v) is 3.40. The number of aliphatic hydroxyl groups is 1. The highest BCUT2D eigenvalue weighted by Crippen LogP contribution is 2.23. The maximum absolute atomic E-state index is 10.2. The highest BCUT2D eigenvalue weighted by molar-refractivity contribution is 5.78. The Kier molecular flexibility index (Phi) is 5.10. The van der Waals surface area contributed by atoms with Gasteiger partial charge in [-0.3, -0.25) is 4.98 Å². The maximum atomic E-state index is 10.2. The van der Waals surface area contributed by atoms with Gasteiger partial charge >= 0.3 is 0 Å². The zero-order chi connectivity index (χ0) is 13.5. The third-order valence-electron chi connectivity index (χ3n) is 3.40. The lowest BCUT2D eigenvalue weighted by Gasteiger charge is -2.11. The van der Waals surface area contributed by atoms with Crippen LogP contribution in [0.4, 0.5) is 0 Å². The van der Waals surface area contributed by atoms with E-state index in [0.717, 1.165) is 48.6 Å². The summed E-state index contributed by atoms with van der Waals surface area (Å²) >= 11 is 0. The lowest BCUT2D eigenvalue weighted by molar-refractivity contribution is 0.163. The van der Waals surface area contributed by atoms with Crippen LogP contribution >= 0.6 is 0 Å². The van der Waals surface area contributed by atoms with E-state index in [-0.39, 0.29) is 6.10 Å². The summed E-state index contributed by atoms with van der Waals surface area (Å²) in [5.41, 5.74) is 1.97. The minimum atomic E-state index is -0.367. The molecule has 2 aromatic rings. The Morgan fingerprint density at radius 2 is 2.11 bits per heavy atom. The van der Waals surface area contributed by atoms with Crippen molar-refractivity contribution >= 4 is 10.9 Å². The summed E-state index contributed by atoms with van der Waals surface area (Å²) in [6.07, 6.45) is 8.63. The molecule has 1 N–H and O–H groups in total. The van der Waals surface area contributed by atoms with Gasteiger partial charge in [-0.25, -0.2) is 0 Å². The molecular weight excluding hydrogens is 234 g/mol. The third kappa shape index (κ3) is 3.90. The fourth-order valence-corrected chi connectivity index (χ4v) is 2.27. The fraction of sp³-hybridized carbons (Fsp3) is 0.353. The SMILES string of the molecule is C=CCCCCCC(O)c1ccc2ncccc2c1. The van der Waals surface area contributed by atoms with E-state index in [9.17, 15) is 5.11 Å². The van der Waals surface area contributed by atoms with E-state index in [0.29, 0.717) is 0 Å². The number of rotatable bonds is 7. The van der Waals surface area contributed by atoms with Gasteiger partial charge in [0.1, 0.15) is 0 Å². The molecule has 1 aromatic carbocycles. The van der Waals surface area contributed by atoms with Crippen molar-refractivity contribution in [2.45, 2.75) is 38.2 Å². The Morgan fingerprint density at radius 3 is 2.95 bits per heavy atom. The van der Waals surface area contributed by atoms with Gasteiger partial charge in [-0.05, 0) is 43.0 Å². The molecule has 0 spiro atoms. The Hall–Kier alpha value is -1.67. The predicted octanol–water partition coefficient (Wildman–Crippen LogP) is 4.40. The summed E-state index contributed by atoms with van der Waals surface area (Å²) < 4.78 is 0. The van der Waals surface area contributed by atoms with Crippen LogP contribution in [0.2, 0.25) is 0 Å². The van der Waals surface area contributed by atoms with Crippen LogP contribution in [-0.2, 0) is 0 Å². The van der Waals surface area contributed by atoms with Crippen molar-refractivity contribution in [3.63, 3.8) is 0 Å². The number of nitrogens with zero attached hydrogens (tertiary/aromatic N) is 1. The van der Waals surface area contributed by atoms with E-state index in [4.69, 9.17) is 0 Å². The second-order valence-electron chi connectivity index (χ2n) is 4.90. The summed E-state index contributed by atoms with van der Waals surface area (Å²) in [6, 6.07) is 9.95. The van der Waals surface area contributed by atoms with Gasteiger partial charge in [-0.1, -0.05) is 31.1 Å². The number of allylic oxidation sites excluding steroid dienone is 1. The smallest absolute Gasteiger partial charge is 0.0790 e. The topological polar surface area (TPSA) is 33.1 Å². The first-order valence-electron chi connectivity index (χ1n) is 6.95. The number of hydrogen-bond acceptors (Lipinski definition) is 2. The van der Waals surface area contributed by atoms with Crippen LogP contribution in [0.5, 0.6) is 0 Å². The quantitative estimate of drug-likeness (QED) is 0.587. The zero-order valence-corrected chi connectivity index (χ0v) is 11.3. The molecule has 0 bridgehead atoms. The van der Waals surface area contributed by atoms with Crippen molar-refractivity contribution in [2.24, 2.45) is 0 Å². The molecule has 0 aliphatic heterocycles. The Labute approximate surface area is 114 Å². The Morgan fingerprint density at radius 1 is 1.21 bits per heavy atom. The first-order valence-corrected chi connectivity index (χ1v) is 6.95. The number of aliphatic hydroxyl groups excluding tert-OH is 1. The second kappa shape index (κ2) is 7.05. The molecule has 100 valence electrons. The standard InChI is InChI=1S/C17H21NO/c1-2-3-4-5-6-9-17(19)15-10-11-16-14(13-15)8-7-12-18-16/h2,7-8,10-13,17,19H,1,3-6,9H2.